The summed E-state index contributed by atoms with van der Waals surface area (Å²) in [6, 6.07) is 1.02. The molecule has 4 atom stereocenters. The topological polar surface area (TPSA) is 165 Å². The van der Waals surface area contributed by atoms with E-state index < -0.39 is 69.5 Å². The number of fused-ring (bicyclic) bond motifs is 3. The Balaban J connectivity index is 1.73. The third kappa shape index (κ3) is 3.66. The number of nitrogens with zero attached hydrogens (tertiary/aromatic N) is 2. The van der Waals surface area contributed by atoms with Gasteiger partial charge in [0.25, 0.3) is 5.91 Å². The third-order valence-corrected chi connectivity index (χ3v) is 9.29. The van der Waals surface area contributed by atoms with Gasteiger partial charge >= 0.3 is 0 Å². The number of phenolic OH excluding ortho intramolecular Hbond substituents is 1. The fourth-order valence-corrected chi connectivity index (χ4v) is 7.31. The summed E-state index contributed by atoms with van der Waals surface area (Å²) in [5, 5.41) is 45.3. The Morgan fingerprint density at radius 2 is 1.97 bits per heavy atom. The van der Waals surface area contributed by atoms with Crippen molar-refractivity contribution in [3.63, 3.8) is 0 Å². The maximum absolute atomic E-state index is 16.1. The van der Waals surface area contributed by atoms with Crippen molar-refractivity contribution in [2.24, 2.45) is 17.1 Å². The van der Waals surface area contributed by atoms with E-state index in [0.29, 0.717) is 18.5 Å². The largest absolute Gasteiger partial charge is 0.508 e. The average Bonchev–Trinajstić information content (AvgIpc) is 3.28. The number of likely N-dealkylation sites (tertiary alicyclic amines) is 1. The van der Waals surface area contributed by atoms with E-state index in [2.05, 4.69) is 0 Å². The number of halogens is 1. The third-order valence-electron chi connectivity index (χ3n) is 9.29. The molecule has 210 valence electrons. The molecule has 1 aromatic carbocycles. The first-order chi connectivity index (χ1) is 18.3. The number of Topliss-reactive ketones (excluding diaryl/α,β-unsaturated/α-hetero) is 2. The maximum atomic E-state index is 16.1. The number of aromatic hydroxyl groups is 1. The summed E-state index contributed by atoms with van der Waals surface area (Å²) >= 11 is 0. The minimum Gasteiger partial charge on any atom is -0.508 e. The average molecular weight is 544 g/mol. The zero-order valence-corrected chi connectivity index (χ0v) is 22.3. The van der Waals surface area contributed by atoms with Gasteiger partial charge in [0.2, 0.25) is 5.78 Å². The molecule has 0 spiro atoms. The molecule has 5 rings (SSSR count). The molecule has 2 fully saturated rings. The highest BCUT2D eigenvalue weighted by atomic mass is 19.1. The van der Waals surface area contributed by atoms with Crippen LogP contribution >= 0.6 is 0 Å². The van der Waals surface area contributed by atoms with E-state index in [1.54, 1.807) is 11.9 Å². The van der Waals surface area contributed by atoms with Gasteiger partial charge in [0, 0.05) is 41.1 Å². The fraction of sp³-hybridized carbons (Fsp3) is 0.536. The first-order valence-electron chi connectivity index (χ1n) is 13.2. The molecule has 1 saturated carbocycles. The number of primary amides is 1. The van der Waals surface area contributed by atoms with E-state index >= 15 is 4.39 Å². The summed E-state index contributed by atoms with van der Waals surface area (Å²) in [6.45, 7) is 3.09. The molecule has 6 N–H and O–H groups in total. The molecule has 0 radical (unpaired) electrons. The number of rotatable bonds is 5. The lowest BCUT2D eigenvalue weighted by Gasteiger charge is -2.55. The van der Waals surface area contributed by atoms with Crippen LogP contribution in [0.5, 0.6) is 5.75 Å². The number of aliphatic hydroxyl groups excluding tert-OH is 2. The maximum Gasteiger partial charge on any atom is 0.255 e. The van der Waals surface area contributed by atoms with Crippen LogP contribution in [0.4, 0.5) is 4.39 Å². The molecular weight excluding hydrogens is 509 g/mol. The van der Waals surface area contributed by atoms with Gasteiger partial charge in [-0.05, 0) is 64.9 Å². The Bertz CT molecular complexity index is 1370. The van der Waals surface area contributed by atoms with Gasteiger partial charge in [-0.2, -0.15) is 0 Å². The Morgan fingerprint density at radius 3 is 2.56 bits per heavy atom. The standard InChI is InChI=1S/C28H34FN3O7/c1-4-31(2)12-27-10-13-8-15-20(17(33)9-14(22(15)29)16-6-5-7-32(16)3)23(35)19(13)24(36)28(27,39)25(37)21(26(30)38)18(34)11-27/h9,13,16,33,35,37,39H,4-8,10-12H2,1-3H3,(H2,30,38)/t13?,16?,27-,28-/m0/s1. The zero-order chi connectivity index (χ0) is 28.6. The molecule has 1 aliphatic heterocycles. The minimum absolute atomic E-state index is 0.00831. The van der Waals surface area contributed by atoms with Crippen LogP contribution in [0.2, 0.25) is 0 Å². The van der Waals surface area contributed by atoms with Crippen molar-refractivity contribution >= 4 is 23.2 Å². The van der Waals surface area contributed by atoms with Crippen LogP contribution in [0.15, 0.2) is 23.0 Å². The van der Waals surface area contributed by atoms with Crippen LogP contribution in [0.3, 0.4) is 0 Å². The fourth-order valence-electron chi connectivity index (χ4n) is 7.31. The van der Waals surface area contributed by atoms with Crippen LogP contribution < -0.4 is 5.73 Å². The van der Waals surface area contributed by atoms with Crippen LogP contribution in [-0.2, 0) is 20.8 Å². The van der Waals surface area contributed by atoms with Gasteiger partial charge in [0.15, 0.2) is 11.4 Å². The molecule has 3 aliphatic carbocycles. The molecule has 1 heterocycles. The van der Waals surface area contributed by atoms with Crippen LogP contribution in [0.1, 0.15) is 55.3 Å². The quantitative estimate of drug-likeness (QED) is 0.347. The highest BCUT2D eigenvalue weighted by molar-refractivity contribution is 6.23. The van der Waals surface area contributed by atoms with Gasteiger partial charge < -0.3 is 31.1 Å². The van der Waals surface area contributed by atoms with Gasteiger partial charge in [-0.25, -0.2) is 4.39 Å². The number of hydrogen-bond donors (Lipinski definition) is 5. The van der Waals surface area contributed by atoms with Crippen molar-refractivity contribution in [3.8, 4) is 5.75 Å². The summed E-state index contributed by atoms with van der Waals surface area (Å²) in [7, 11) is 3.59. The van der Waals surface area contributed by atoms with Gasteiger partial charge in [-0.15, -0.1) is 0 Å². The monoisotopic (exact) mass is 543 g/mol. The van der Waals surface area contributed by atoms with Crippen molar-refractivity contribution < 1.29 is 39.2 Å². The summed E-state index contributed by atoms with van der Waals surface area (Å²) in [5.41, 5.74) is 0.00317. The second-order valence-corrected chi connectivity index (χ2v) is 11.5. The summed E-state index contributed by atoms with van der Waals surface area (Å²) in [5.74, 6) is -6.81. The van der Waals surface area contributed by atoms with E-state index in [1.807, 2.05) is 18.9 Å². The second kappa shape index (κ2) is 9.14. The van der Waals surface area contributed by atoms with E-state index in [0.717, 1.165) is 13.0 Å². The number of nitrogens with two attached hydrogens (primary N) is 1. The summed E-state index contributed by atoms with van der Waals surface area (Å²) in [4.78, 5) is 42.9. The smallest absolute Gasteiger partial charge is 0.255 e. The lowest BCUT2D eigenvalue weighted by Crippen LogP contribution is -2.67. The van der Waals surface area contributed by atoms with Gasteiger partial charge in [0.05, 0.1) is 5.56 Å². The molecule has 1 aromatic rings. The van der Waals surface area contributed by atoms with Gasteiger partial charge in [-0.1, -0.05) is 6.92 Å². The normalized spacial score (nSPS) is 31.0. The summed E-state index contributed by atoms with van der Waals surface area (Å²) in [6.07, 6.45) is 0.971. The van der Waals surface area contributed by atoms with Crippen molar-refractivity contribution in [3.05, 3.63) is 45.5 Å². The Hall–Kier alpha value is -3.28. The number of hydrogen-bond acceptors (Lipinski definition) is 9. The molecule has 0 aromatic heterocycles. The highest BCUT2D eigenvalue weighted by Crippen LogP contribution is 2.58. The molecule has 1 saturated heterocycles. The summed E-state index contributed by atoms with van der Waals surface area (Å²) < 4.78 is 16.1. The predicted octanol–water partition coefficient (Wildman–Crippen LogP) is 1.65. The van der Waals surface area contributed by atoms with Gasteiger partial charge in [-0.3, -0.25) is 19.3 Å². The van der Waals surface area contributed by atoms with Crippen LogP contribution in [-0.4, -0.2) is 87.0 Å². The van der Waals surface area contributed by atoms with Crippen molar-refractivity contribution in [1.82, 2.24) is 9.80 Å². The van der Waals surface area contributed by atoms with E-state index in [1.165, 1.54) is 6.07 Å². The minimum atomic E-state index is -2.74. The lowest BCUT2D eigenvalue weighted by atomic mass is 9.51. The SMILES string of the molecule is CCN(C)C[C@]12CC(=O)C(C(N)=O)=C(O)[C@@]1(O)C(=O)C1=C(O)c3c(O)cc(C4CCCN4C)c(F)c3CC1C2. The van der Waals surface area contributed by atoms with Crippen LogP contribution in [0.25, 0.3) is 5.76 Å². The number of ketones is 2. The molecule has 10 nitrogen and oxygen atoms in total. The van der Waals surface area contributed by atoms with E-state index in [-0.39, 0.29) is 42.1 Å². The number of carbonyl (C=O) groups is 3. The molecule has 11 heteroatoms. The molecule has 2 unspecified atom stereocenters. The predicted molar refractivity (Wildman–Crippen MR) is 138 cm³/mol. The van der Waals surface area contributed by atoms with Crippen molar-refractivity contribution in [1.29, 1.82) is 0 Å². The zero-order valence-electron chi connectivity index (χ0n) is 22.3. The molecule has 1 amide bonds. The number of phenols is 1. The highest BCUT2D eigenvalue weighted by Gasteiger charge is 2.68. The molecule has 0 bridgehead atoms. The number of aliphatic hydroxyl groups is 3. The lowest BCUT2D eigenvalue weighted by molar-refractivity contribution is -0.166. The Labute approximate surface area is 225 Å². The number of benzene rings is 1. The van der Waals surface area contributed by atoms with E-state index in [4.69, 9.17) is 5.73 Å². The number of carbonyl (C=O) groups excluding carboxylic acids is 3. The number of amides is 1. The molecule has 4 aliphatic rings. The molecule has 39 heavy (non-hydrogen) atoms. The molecular formula is C28H34FN3O7. The first-order valence-corrected chi connectivity index (χ1v) is 13.2. The van der Waals surface area contributed by atoms with Crippen molar-refractivity contribution in [2.45, 2.75) is 50.7 Å². The Kier molecular flexibility index (Phi) is 6.40. The van der Waals surface area contributed by atoms with E-state index in [9.17, 15) is 34.8 Å². The van der Waals surface area contributed by atoms with Crippen molar-refractivity contribution in [2.75, 3.05) is 33.7 Å². The second-order valence-electron chi connectivity index (χ2n) is 11.5. The van der Waals surface area contributed by atoms with Crippen LogP contribution in [0, 0.1) is 17.2 Å². The first kappa shape index (κ1) is 27.3. The van der Waals surface area contributed by atoms with Gasteiger partial charge in [0.1, 0.15) is 28.7 Å². The Morgan fingerprint density at radius 1 is 1.28 bits per heavy atom.